The minimum Gasteiger partial charge on any atom is -0.422 e. The molecule has 1 aliphatic heterocycles. The normalized spacial score (nSPS) is 16.8. The molecule has 1 aromatic heterocycles. The number of nitrogens with zero attached hydrogens (tertiary/aromatic N) is 3. The lowest BCUT2D eigenvalue weighted by Crippen LogP contribution is -2.19. The summed E-state index contributed by atoms with van der Waals surface area (Å²) < 4.78 is 6.37. The number of ether oxygens (including phenoxy) is 1. The number of aromatic nitrogens is 1. The molecule has 1 aliphatic rings. The molecule has 24 heavy (non-hydrogen) atoms. The summed E-state index contributed by atoms with van der Waals surface area (Å²) in [6.07, 6.45) is 1.70. The number of amidine groups is 1. The van der Waals surface area contributed by atoms with Crippen molar-refractivity contribution in [2.75, 3.05) is 12.3 Å². The maximum absolute atomic E-state index is 11.5. The third-order valence-electron chi connectivity index (χ3n) is 3.09. The minimum absolute atomic E-state index is 0.258. The topological polar surface area (TPSA) is 71.9 Å². The van der Waals surface area contributed by atoms with E-state index in [1.807, 2.05) is 29.2 Å². The highest BCUT2D eigenvalue weighted by Crippen LogP contribution is 2.29. The molecule has 1 aromatic carbocycles. The maximum atomic E-state index is 11.5. The van der Waals surface area contributed by atoms with Crippen molar-refractivity contribution in [3.63, 3.8) is 0 Å². The van der Waals surface area contributed by atoms with Gasteiger partial charge >= 0.3 is 5.97 Å². The van der Waals surface area contributed by atoms with Gasteiger partial charge in [-0.3, -0.25) is 9.59 Å². The van der Waals surface area contributed by atoms with Gasteiger partial charge in [0.1, 0.15) is 0 Å². The van der Waals surface area contributed by atoms with Crippen LogP contribution in [0.2, 0.25) is 0 Å². The third-order valence-corrected chi connectivity index (χ3v) is 5.12. The van der Waals surface area contributed by atoms with Gasteiger partial charge in [0, 0.05) is 26.1 Å². The number of hydrogen-bond donors (Lipinski definition) is 0. The van der Waals surface area contributed by atoms with Crippen LogP contribution in [0.3, 0.4) is 0 Å². The SMILES string of the molecule is CC(=O)N=C1SCCN1C=C(OC(C)=O)c1nc2ccccc2s1. The highest BCUT2D eigenvalue weighted by atomic mass is 32.2. The van der Waals surface area contributed by atoms with Gasteiger partial charge in [-0.2, -0.15) is 4.99 Å². The number of thiazole rings is 1. The number of rotatable bonds is 3. The largest absolute Gasteiger partial charge is 0.422 e. The van der Waals surface area contributed by atoms with E-state index in [0.29, 0.717) is 22.5 Å². The molecule has 0 radical (unpaired) electrons. The average molecular weight is 361 g/mol. The lowest BCUT2D eigenvalue weighted by atomic mass is 10.3. The van der Waals surface area contributed by atoms with E-state index in [4.69, 9.17) is 4.74 Å². The number of hydrogen-bond acceptors (Lipinski definition) is 6. The van der Waals surface area contributed by atoms with E-state index in [1.165, 1.54) is 36.9 Å². The number of carbonyl (C=O) groups is 2. The highest BCUT2D eigenvalue weighted by Gasteiger charge is 2.21. The number of aliphatic imine (C=N–C) groups is 1. The Morgan fingerprint density at radius 1 is 1.33 bits per heavy atom. The molecule has 1 amide bonds. The molecule has 0 saturated carbocycles. The van der Waals surface area contributed by atoms with Crippen LogP contribution in [0.5, 0.6) is 0 Å². The van der Waals surface area contributed by atoms with Gasteiger partial charge in [-0.15, -0.1) is 11.3 Å². The van der Waals surface area contributed by atoms with Crippen LogP contribution in [-0.4, -0.2) is 39.2 Å². The van der Waals surface area contributed by atoms with Gasteiger partial charge in [-0.25, -0.2) is 4.98 Å². The fourth-order valence-corrected chi connectivity index (χ4v) is 4.05. The van der Waals surface area contributed by atoms with E-state index in [2.05, 4.69) is 9.98 Å². The van der Waals surface area contributed by atoms with Crippen molar-refractivity contribution in [3.05, 3.63) is 35.5 Å². The second-order valence-corrected chi connectivity index (χ2v) is 7.12. The van der Waals surface area contributed by atoms with Crippen LogP contribution < -0.4 is 0 Å². The quantitative estimate of drug-likeness (QED) is 0.618. The molecule has 1 saturated heterocycles. The summed E-state index contributed by atoms with van der Waals surface area (Å²) in [5.74, 6) is 0.502. The summed E-state index contributed by atoms with van der Waals surface area (Å²) in [5, 5.41) is 1.22. The van der Waals surface area contributed by atoms with Gasteiger partial charge in [-0.1, -0.05) is 23.9 Å². The van der Waals surface area contributed by atoms with Crippen LogP contribution >= 0.6 is 23.1 Å². The first kappa shape index (κ1) is 16.7. The molecule has 2 aromatic rings. The molecular formula is C16H15N3O3S2. The van der Waals surface area contributed by atoms with E-state index < -0.39 is 5.97 Å². The summed E-state index contributed by atoms with van der Waals surface area (Å²) in [6.45, 7) is 3.45. The number of thioether (sulfide) groups is 1. The monoisotopic (exact) mass is 361 g/mol. The Morgan fingerprint density at radius 2 is 2.12 bits per heavy atom. The van der Waals surface area contributed by atoms with Gasteiger partial charge in [0.05, 0.1) is 16.4 Å². The predicted molar refractivity (Wildman–Crippen MR) is 96.6 cm³/mol. The zero-order valence-electron chi connectivity index (χ0n) is 13.2. The van der Waals surface area contributed by atoms with Crippen molar-refractivity contribution in [3.8, 4) is 0 Å². The Kier molecular flexibility index (Phi) is 4.96. The van der Waals surface area contributed by atoms with E-state index in [9.17, 15) is 9.59 Å². The smallest absolute Gasteiger partial charge is 0.308 e. The van der Waals surface area contributed by atoms with Crippen molar-refractivity contribution in [1.29, 1.82) is 0 Å². The zero-order chi connectivity index (χ0) is 17.1. The summed E-state index contributed by atoms with van der Waals surface area (Å²) in [6, 6.07) is 7.73. The van der Waals surface area contributed by atoms with Gasteiger partial charge in [-0.05, 0) is 12.1 Å². The Morgan fingerprint density at radius 3 is 2.83 bits per heavy atom. The first-order chi connectivity index (χ1) is 11.5. The third kappa shape index (κ3) is 3.82. The van der Waals surface area contributed by atoms with Crippen LogP contribution in [0.1, 0.15) is 18.9 Å². The molecule has 0 bridgehead atoms. The standard InChI is InChI=1S/C16H15N3O3S2/c1-10(20)17-16-19(7-8-23-16)9-13(22-11(2)21)15-18-12-5-3-4-6-14(12)24-15/h3-6,9H,7-8H2,1-2H3. The van der Waals surface area contributed by atoms with Crippen LogP contribution in [-0.2, 0) is 14.3 Å². The fourth-order valence-electron chi connectivity index (χ4n) is 2.16. The first-order valence-corrected chi connectivity index (χ1v) is 9.08. The lowest BCUT2D eigenvalue weighted by Gasteiger charge is -2.14. The molecule has 0 N–H and O–H groups in total. The van der Waals surface area contributed by atoms with Crippen LogP contribution in [0.15, 0.2) is 35.5 Å². The van der Waals surface area contributed by atoms with Gasteiger partial charge in [0.15, 0.2) is 15.9 Å². The molecule has 124 valence electrons. The van der Waals surface area contributed by atoms with Crippen LogP contribution in [0, 0.1) is 0 Å². The maximum Gasteiger partial charge on any atom is 0.308 e. The average Bonchev–Trinajstić information content (AvgIpc) is 3.12. The van der Waals surface area contributed by atoms with Crippen molar-refractivity contribution >= 4 is 56.1 Å². The molecule has 2 heterocycles. The molecule has 0 unspecified atom stereocenters. The molecule has 6 nitrogen and oxygen atoms in total. The predicted octanol–water partition coefficient (Wildman–Crippen LogP) is 3.11. The van der Waals surface area contributed by atoms with E-state index in [1.54, 1.807) is 6.20 Å². The molecule has 1 fully saturated rings. The Balaban J connectivity index is 1.99. The lowest BCUT2D eigenvalue weighted by molar-refractivity contribution is -0.134. The molecule has 0 atom stereocenters. The van der Waals surface area contributed by atoms with Crippen molar-refractivity contribution in [2.45, 2.75) is 13.8 Å². The van der Waals surface area contributed by atoms with Gasteiger partial charge in [0.25, 0.3) is 0 Å². The molecular weight excluding hydrogens is 346 g/mol. The number of amides is 1. The number of esters is 1. The summed E-state index contributed by atoms with van der Waals surface area (Å²) in [7, 11) is 0. The Hall–Kier alpha value is -2.19. The van der Waals surface area contributed by atoms with Crippen molar-refractivity contribution in [2.24, 2.45) is 4.99 Å². The van der Waals surface area contributed by atoms with Gasteiger partial charge < -0.3 is 9.64 Å². The molecule has 8 heteroatoms. The zero-order valence-corrected chi connectivity index (χ0v) is 14.8. The molecule has 3 rings (SSSR count). The van der Waals surface area contributed by atoms with E-state index >= 15 is 0 Å². The van der Waals surface area contributed by atoms with Gasteiger partial charge in [0.2, 0.25) is 5.91 Å². The molecule has 0 spiro atoms. The number of carbonyl (C=O) groups excluding carboxylic acids is 2. The van der Waals surface area contributed by atoms with Crippen LogP contribution in [0.25, 0.3) is 16.0 Å². The Bertz CT molecular complexity index is 824. The molecule has 0 aliphatic carbocycles. The summed E-state index contributed by atoms with van der Waals surface area (Å²) >= 11 is 2.94. The van der Waals surface area contributed by atoms with E-state index in [-0.39, 0.29) is 5.91 Å². The Labute approximate surface area is 147 Å². The summed E-state index contributed by atoms with van der Waals surface area (Å²) in [4.78, 5) is 33.1. The highest BCUT2D eigenvalue weighted by molar-refractivity contribution is 8.14. The number of benzene rings is 1. The number of fused-ring (bicyclic) bond motifs is 1. The fraction of sp³-hybridized carbons (Fsp3) is 0.250. The van der Waals surface area contributed by atoms with Crippen molar-refractivity contribution < 1.29 is 14.3 Å². The van der Waals surface area contributed by atoms with E-state index in [0.717, 1.165) is 16.0 Å². The summed E-state index contributed by atoms with van der Waals surface area (Å²) in [5.41, 5.74) is 0.851. The second kappa shape index (κ2) is 7.14. The first-order valence-electron chi connectivity index (χ1n) is 7.28. The minimum atomic E-state index is -0.419. The number of para-hydroxylation sites is 1. The van der Waals surface area contributed by atoms with Crippen LogP contribution in [0.4, 0.5) is 0 Å². The van der Waals surface area contributed by atoms with Crippen molar-refractivity contribution in [1.82, 2.24) is 9.88 Å². The second-order valence-electron chi connectivity index (χ2n) is 5.03.